The van der Waals surface area contributed by atoms with Gasteiger partial charge in [0.25, 0.3) is 5.91 Å². The largest absolute Gasteiger partial charge is 0.482 e. The molecule has 0 bridgehead atoms. The Kier molecular flexibility index (Phi) is 5.89. The Bertz CT molecular complexity index is 781. The van der Waals surface area contributed by atoms with Crippen molar-refractivity contribution in [2.24, 2.45) is 5.10 Å². The van der Waals surface area contributed by atoms with Crippen LogP contribution in [0.15, 0.2) is 58.1 Å². The fourth-order valence-electron chi connectivity index (χ4n) is 1.78. The number of nitrogens with one attached hydrogen (secondary N) is 1. The van der Waals surface area contributed by atoms with Gasteiger partial charge in [-0.05, 0) is 36.8 Å². The molecule has 0 aliphatic rings. The minimum absolute atomic E-state index is 0.214. The Balaban J connectivity index is 1.92. The lowest BCUT2D eigenvalue weighted by Gasteiger charge is -2.07. The molecule has 5 nitrogen and oxygen atoms in total. The molecule has 2 aromatic carbocycles. The van der Waals surface area contributed by atoms with Gasteiger partial charge in [-0.3, -0.25) is 4.79 Å². The summed E-state index contributed by atoms with van der Waals surface area (Å²) in [5.41, 5.74) is 4.39. The summed E-state index contributed by atoms with van der Waals surface area (Å²) < 4.78 is 6.27. The van der Waals surface area contributed by atoms with Crippen LogP contribution in [0.2, 0.25) is 0 Å². The SMILES string of the molecule is C/C(=N\NC(=O)COc1ccccc1C#N)c1cccc(Br)c1. The van der Waals surface area contributed by atoms with Gasteiger partial charge in [0.05, 0.1) is 11.3 Å². The van der Waals surface area contributed by atoms with Crippen molar-refractivity contribution in [3.63, 3.8) is 0 Å². The molecule has 0 spiro atoms. The van der Waals surface area contributed by atoms with Gasteiger partial charge in [0, 0.05) is 4.47 Å². The maximum absolute atomic E-state index is 11.8. The molecule has 0 atom stereocenters. The van der Waals surface area contributed by atoms with Gasteiger partial charge in [0.15, 0.2) is 6.61 Å². The molecular formula is C17H14BrN3O2. The van der Waals surface area contributed by atoms with E-state index in [1.807, 2.05) is 30.3 Å². The minimum atomic E-state index is -0.396. The van der Waals surface area contributed by atoms with Crippen LogP contribution in [-0.4, -0.2) is 18.2 Å². The van der Waals surface area contributed by atoms with E-state index in [9.17, 15) is 4.79 Å². The normalized spacial score (nSPS) is 10.7. The van der Waals surface area contributed by atoms with Gasteiger partial charge in [-0.15, -0.1) is 0 Å². The Hall–Kier alpha value is -2.65. The number of nitriles is 1. The van der Waals surface area contributed by atoms with E-state index in [4.69, 9.17) is 10.00 Å². The van der Waals surface area contributed by atoms with Crippen molar-refractivity contribution >= 4 is 27.5 Å². The fraction of sp³-hybridized carbons (Fsp3) is 0.118. The summed E-state index contributed by atoms with van der Waals surface area (Å²) in [5.74, 6) is -0.0232. The van der Waals surface area contributed by atoms with Crippen molar-refractivity contribution in [2.45, 2.75) is 6.92 Å². The molecule has 0 saturated heterocycles. The van der Waals surface area contributed by atoms with Crippen LogP contribution in [-0.2, 0) is 4.79 Å². The highest BCUT2D eigenvalue weighted by molar-refractivity contribution is 9.10. The van der Waals surface area contributed by atoms with Crippen LogP contribution in [0.25, 0.3) is 0 Å². The van der Waals surface area contributed by atoms with Crippen molar-refractivity contribution in [1.82, 2.24) is 5.43 Å². The highest BCUT2D eigenvalue weighted by atomic mass is 79.9. The van der Waals surface area contributed by atoms with Crippen LogP contribution in [0.1, 0.15) is 18.1 Å². The highest BCUT2D eigenvalue weighted by Gasteiger charge is 2.06. The summed E-state index contributed by atoms with van der Waals surface area (Å²) in [7, 11) is 0. The minimum Gasteiger partial charge on any atom is -0.482 e. The van der Waals surface area contributed by atoms with Gasteiger partial charge in [-0.2, -0.15) is 10.4 Å². The van der Waals surface area contributed by atoms with Crippen LogP contribution in [0.4, 0.5) is 0 Å². The third-order valence-electron chi connectivity index (χ3n) is 2.96. The highest BCUT2D eigenvalue weighted by Crippen LogP contribution is 2.16. The van der Waals surface area contributed by atoms with Crippen LogP contribution < -0.4 is 10.2 Å². The maximum Gasteiger partial charge on any atom is 0.277 e. The maximum atomic E-state index is 11.8. The lowest BCUT2D eigenvalue weighted by atomic mass is 10.1. The molecule has 6 heteroatoms. The number of amides is 1. The number of rotatable bonds is 5. The van der Waals surface area contributed by atoms with Crippen LogP contribution in [0, 0.1) is 11.3 Å². The van der Waals surface area contributed by atoms with Gasteiger partial charge >= 0.3 is 0 Å². The summed E-state index contributed by atoms with van der Waals surface area (Å²) in [6, 6.07) is 16.4. The van der Waals surface area contributed by atoms with E-state index in [-0.39, 0.29) is 6.61 Å². The van der Waals surface area contributed by atoms with Crippen molar-refractivity contribution in [1.29, 1.82) is 5.26 Å². The summed E-state index contributed by atoms with van der Waals surface area (Å²) in [6.07, 6.45) is 0. The standard InChI is InChI=1S/C17H14BrN3O2/c1-12(13-6-4-7-15(18)9-13)20-21-17(22)11-23-16-8-3-2-5-14(16)10-19/h2-9H,11H2,1H3,(H,21,22)/b20-12+. The van der Waals surface area contributed by atoms with Crippen LogP contribution in [0.5, 0.6) is 5.75 Å². The molecule has 0 aliphatic carbocycles. The van der Waals surface area contributed by atoms with E-state index in [1.54, 1.807) is 31.2 Å². The van der Waals surface area contributed by atoms with Crippen LogP contribution in [0.3, 0.4) is 0 Å². The predicted octanol–water partition coefficient (Wildman–Crippen LogP) is 3.24. The summed E-state index contributed by atoms with van der Waals surface area (Å²) >= 11 is 3.39. The third-order valence-corrected chi connectivity index (χ3v) is 3.45. The number of ether oxygens (including phenoxy) is 1. The average molecular weight is 372 g/mol. The number of carbonyl (C=O) groups excluding carboxylic acids is 1. The van der Waals surface area contributed by atoms with Gasteiger partial charge < -0.3 is 4.74 Å². The molecule has 1 amide bonds. The van der Waals surface area contributed by atoms with E-state index >= 15 is 0 Å². The molecule has 0 saturated carbocycles. The Morgan fingerprint density at radius 3 is 2.83 bits per heavy atom. The molecule has 0 aromatic heterocycles. The van der Waals surface area contributed by atoms with E-state index in [1.165, 1.54) is 0 Å². The third kappa shape index (κ3) is 4.94. The Morgan fingerprint density at radius 1 is 1.30 bits per heavy atom. The number of halogens is 1. The van der Waals surface area contributed by atoms with Crippen molar-refractivity contribution in [3.8, 4) is 11.8 Å². The topological polar surface area (TPSA) is 74.5 Å². The lowest BCUT2D eigenvalue weighted by Crippen LogP contribution is -2.25. The number of carbonyl (C=O) groups is 1. The second-order valence-electron chi connectivity index (χ2n) is 4.64. The molecule has 0 unspecified atom stereocenters. The fourth-order valence-corrected chi connectivity index (χ4v) is 2.18. The van der Waals surface area contributed by atoms with Gasteiger partial charge in [-0.1, -0.05) is 40.2 Å². The summed E-state index contributed by atoms with van der Waals surface area (Å²) in [6.45, 7) is 1.59. The smallest absolute Gasteiger partial charge is 0.277 e. The molecule has 23 heavy (non-hydrogen) atoms. The Morgan fingerprint density at radius 2 is 2.09 bits per heavy atom. The Labute approximate surface area is 142 Å². The van der Waals surface area contributed by atoms with Crippen molar-refractivity contribution in [3.05, 3.63) is 64.1 Å². The zero-order valence-electron chi connectivity index (χ0n) is 12.4. The number of para-hydroxylation sites is 1. The first-order chi connectivity index (χ1) is 11.1. The summed E-state index contributed by atoms with van der Waals surface area (Å²) in [5, 5.41) is 13.0. The van der Waals surface area contributed by atoms with Gasteiger partial charge in [-0.25, -0.2) is 5.43 Å². The molecular weight excluding hydrogens is 358 g/mol. The average Bonchev–Trinajstić information content (AvgIpc) is 2.58. The van der Waals surface area contributed by atoms with Gasteiger partial charge in [0.2, 0.25) is 0 Å². The van der Waals surface area contributed by atoms with Crippen molar-refractivity contribution in [2.75, 3.05) is 6.61 Å². The molecule has 0 heterocycles. The lowest BCUT2D eigenvalue weighted by molar-refractivity contribution is -0.123. The zero-order chi connectivity index (χ0) is 16.7. The first-order valence-electron chi connectivity index (χ1n) is 6.81. The molecule has 0 aliphatic heterocycles. The van der Waals surface area contributed by atoms with E-state index in [0.717, 1.165) is 10.0 Å². The van der Waals surface area contributed by atoms with Crippen LogP contribution >= 0.6 is 15.9 Å². The molecule has 0 radical (unpaired) electrons. The number of hydrogen-bond donors (Lipinski definition) is 1. The number of hydrogen-bond acceptors (Lipinski definition) is 4. The summed E-state index contributed by atoms with van der Waals surface area (Å²) in [4.78, 5) is 11.8. The molecule has 116 valence electrons. The van der Waals surface area contributed by atoms with E-state index in [0.29, 0.717) is 17.0 Å². The van der Waals surface area contributed by atoms with E-state index in [2.05, 4.69) is 26.5 Å². The van der Waals surface area contributed by atoms with Gasteiger partial charge in [0.1, 0.15) is 11.8 Å². The monoisotopic (exact) mass is 371 g/mol. The van der Waals surface area contributed by atoms with Crippen molar-refractivity contribution < 1.29 is 9.53 Å². The zero-order valence-corrected chi connectivity index (χ0v) is 14.0. The van der Waals surface area contributed by atoms with E-state index < -0.39 is 5.91 Å². The quantitative estimate of drug-likeness (QED) is 0.647. The molecule has 1 N–H and O–H groups in total. The number of hydrazone groups is 1. The second kappa shape index (κ2) is 8.11. The molecule has 2 aromatic rings. The first kappa shape index (κ1) is 16.7. The second-order valence-corrected chi connectivity index (χ2v) is 5.55. The predicted molar refractivity (Wildman–Crippen MR) is 91.1 cm³/mol. The first-order valence-corrected chi connectivity index (χ1v) is 7.60. The number of benzene rings is 2. The number of nitrogens with zero attached hydrogens (tertiary/aromatic N) is 2. The molecule has 0 fully saturated rings. The molecule has 2 rings (SSSR count).